The number of aryl methyl sites for hydroxylation is 1. The van der Waals surface area contributed by atoms with Crippen molar-refractivity contribution in [1.82, 2.24) is 4.98 Å². The van der Waals surface area contributed by atoms with Crippen LogP contribution in [0.5, 0.6) is 5.75 Å². The summed E-state index contributed by atoms with van der Waals surface area (Å²) in [6.45, 7) is 3.98. The van der Waals surface area contributed by atoms with E-state index < -0.39 is 11.9 Å². The van der Waals surface area contributed by atoms with Gasteiger partial charge in [-0.3, -0.25) is 4.79 Å². The average molecular weight is 390 g/mol. The molecule has 3 aromatic rings. The van der Waals surface area contributed by atoms with Gasteiger partial charge in [-0.1, -0.05) is 43.3 Å². The van der Waals surface area contributed by atoms with Crippen molar-refractivity contribution in [3.8, 4) is 5.75 Å². The van der Waals surface area contributed by atoms with Gasteiger partial charge in [0.05, 0.1) is 23.6 Å². The summed E-state index contributed by atoms with van der Waals surface area (Å²) in [7, 11) is 0. The molecule has 2 heterocycles. The van der Waals surface area contributed by atoms with E-state index in [-0.39, 0.29) is 23.6 Å². The molecule has 4 rings (SSSR count). The minimum Gasteiger partial charge on any atom is -0.462 e. The van der Waals surface area contributed by atoms with E-state index in [1.165, 1.54) is 0 Å². The quantitative estimate of drug-likeness (QED) is 0.666. The number of fused-ring (bicyclic) bond motifs is 3. The van der Waals surface area contributed by atoms with E-state index in [0.717, 1.165) is 22.9 Å². The number of carbonyl (C=O) groups excluding carboxylic acids is 1. The predicted octanol–water partition coefficient (Wildman–Crippen LogP) is 3.35. The molecule has 6 nitrogen and oxygen atoms in total. The predicted molar refractivity (Wildman–Crippen MR) is 111 cm³/mol. The molecule has 0 fully saturated rings. The molecule has 1 atom stereocenters. The fourth-order valence-corrected chi connectivity index (χ4v) is 3.76. The van der Waals surface area contributed by atoms with Crippen molar-refractivity contribution in [2.24, 2.45) is 5.73 Å². The summed E-state index contributed by atoms with van der Waals surface area (Å²) in [5.74, 6) is -0.944. The van der Waals surface area contributed by atoms with Crippen LogP contribution in [0, 0.1) is 0 Å². The van der Waals surface area contributed by atoms with Gasteiger partial charge < -0.3 is 20.2 Å². The number of benzene rings is 2. The highest BCUT2D eigenvalue weighted by Crippen LogP contribution is 2.43. The van der Waals surface area contributed by atoms with Crippen molar-refractivity contribution in [2.45, 2.75) is 26.2 Å². The summed E-state index contributed by atoms with van der Waals surface area (Å²) in [6.07, 6.45) is 0.887. The molecule has 6 heteroatoms. The molecule has 0 saturated heterocycles. The van der Waals surface area contributed by atoms with Crippen molar-refractivity contribution in [1.29, 1.82) is 0 Å². The summed E-state index contributed by atoms with van der Waals surface area (Å²) in [6, 6.07) is 15.1. The first-order chi connectivity index (χ1) is 14.0. The fourth-order valence-electron chi connectivity index (χ4n) is 3.76. The van der Waals surface area contributed by atoms with Crippen molar-refractivity contribution in [3.05, 3.63) is 87.0 Å². The van der Waals surface area contributed by atoms with Crippen molar-refractivity contribution >= 4 is 16.9 Å². The number of hydrogen-bond donors (Lipinski definition) is 2. The second-order valence-electron chi connectivity index (χ2n) is 6.87. The Kier molecular flexibility index (Phi) is 4.84. The SMILES string of the molecule is CCOC(=O)C1=C(N)Oc2c(c(=O)[nH]c3ccccc23)[C@@H]1c1ccc(CC)cc1. The lowest BCUT2D eigenvalue weighted by atomic mass is 9.82. The van der Waals surface area contributed by atoms with Crippen LogP contribution in [0.15, 0.2) is 64.8 Å². The lowest BCUT2D eigenvalue weighted by Gasteiger charge is -2.28. The minimum absolute atomic E-state index is 0.0451. The first-order valence-electron chi connectivity index (χ1n) is 9.63. The second kappa shape index (κ2) is 7.47. The molecule has 3 N–H and O–H groups in total. The van der Waals surface area contributed by atoms with Crippen LogP contribution in [0.2, 0.25) is 0 Å². The Morgan fingerprint density at radius 3 is 2.55 bits per heavy atom. The number of aromatic nitrogens is 1. The average Bonchev–Trinajstić information content (AvgIpc) is 2.73. The Hall–Kier alpha value is -3.54. The van der Waals surface area contributed by atoms with Crippen molar-refractivity contribution < 1.29 is 14.3 Å². The second-order valence-corrected chi connectivity index (χ2v) is 6.87. The van der Waals surface area contributed by atoms with Gasteiger partial charge in [0, 0.05) is 5.39 Å². The maximum Gasteiger partial charge on any atom is 0.340 e. The molecule has 0 bridgehead atoms. The van der Waals surface area contributed by atoms with Crippen LogP contribution < -0.4 is 16.0 Å². The largest absolute Gasteiger partial charge is 0.462 e. The molecule has 1 aromatic heterocycles. The third-order valence-electron chi connectivity index (χ3n) is 5.18. The number of nitrogens with two attached hydrogens (primary N) is 1. The van der Waals surface area contributed by atoms with Gasteiger partial charge in [-0.15, -0.1) is 0 Å². The highest BCUT2D eigenvalue weighted by atomic mass is 16.5. The lowest BCUT2D eigenvalue weighted by Crippen LogP contribution is -2.32. The monoisotopic (exact) mass is 390 g/mol. The Morgan fingerprint density at radius 2 is 1.86 bits per heavy atom. The van der Waals surface area contributed by atoms with E-state index in [2.05, 4.69) is 11.9 Å². The molecule has 148 valence electrons. The summed E-state index contributed by atoms with van der Waals surface area (Å²) in [5, 5.41) is 0.725. The first-order valence-corrected chi connectivity index (χ1v) is 9.63. The molecule has 1 aliphatic heterocycles. The molecule has 0 radical (unpaired) electrons. The van der Waals surface area contributed by atoms with Gasteiger partial charge in [-0.2, -0.15) is 0 Å². The summed E-state index contributed by atoms with van der Waals surface area (Å²) < 4.78 is 11.1. The van der Waals surface area contributed by atoms with Gasteiger partial charge in [-0.05, 0) is 36.6 Å². The zero-order valence-electron chi connectivity index (χ0n) is 16.3. The number of rotatable bonds is 4. The number of H-pyrrole nitrogens is 1. The molecule has 1 aliphatic rings. The Morgan fingerprint density at radius 1 is 1.14 bits per heavy atom. The van der Waals surface area contributed by atoms with E-state index in [1.807, 2.05) is 42.5 Å². The molecule has 0 amide bonds. The lowest BCUT2D eigenvalue weighted by molar-refractivity contribution is -0.139. The number of nitrogens with one attached hydrogen (secondary N) is 1. The summed E-state index contributed by atoms with van der Waals surface area (Å²) >= 11 is 0. The summed E-state index contributed by atoms with van der Waals surface area (Å²) in [4.78, 5) is 28.7. The molecular formula is C23H22N2O4. The van der Waals surface area contributed by atoms with Gasteiger partial charge >= 0.3 is 5.97 Å². The number of para-hydroxylation sites is 1. The third-order valence-corrected chi connectivity index (χ3v) is 5.18. The number of aromatic amines is 1. The van der Waals surface area contributed by atoms with Crippen LogP contribution in [0.3, 0.4) is 0 Å². The maximum atomic E-state index is 13.1. The molecular weight excluding hydrogens is 368 g/mol. The summed E-state index contributed by atoms with van der Waals surface area (Å²) in [5.41, 5.74) is 8.94. The molecule has 29 heavy (non-hydrogen) atoms. The third kappa shape index (κ3) is 3.16. The van der Waals surface area contributed by atoms with Crippen LogP contribution in [0.4, 0.5) is 0 Å². The Balaban J connectivity index is 2.01. The smallest absolute Gasteiger partial charge is 0.340 e. The Labute approximate surface area is 168 Å². The maximum absolute atomic E-state index is 13.1. The number of ether oxygens (including phenoxy) is 2. The molecule has 0 spiro atoms. The molecule has 0 saturated carbocycles. The number of pyridine rings is 1. The van der Waals surface area contributed by atoms with E-state index in [4.69, 9.17) is 15.2 Å². The number of carbonyl (C=O) groups is 1. The van der Waals surface area contributed by atoms with Crippen LogP contribution in [0.25, 0.3) is 10.9 Å². The normalized spacial score (nSPS) is 15.7. The highest BCUT2D eigenvalue weighted by Gasteiger charge is 2.38. The van der Waals surface area contributed by atoms with Crippen LogP contribution >= 0.6 is 0 Å². The molecule has 0 unspecified atom stereocenters. The number of esters is 1. The molecule has 2 aromatic carbocycles. The van der Waals surface area contributed by atoms with Gasteiger partial charge in [0.15, 0.2) is 0 Å². The molecule has 0 aliphatic carbocycles. The van der Waals surface area contributed by atoms with E-state index >= 15 is 0 Å². The van der Waals surface area contributed by atoms with Crippen molar-refractivity contribution in [2.75, 3.05) is 6.61 Å². The van der Waals surface area contributed by atoms with Gasteiger partial charge in [-0.25, -0.2) is 4.79 Å². The first kappa shape index (κ1) is 18.8. The van der Waals surface area contributed by atoms with E-state index in [9.17, 15) is 9.59 Å². The zero-order valence-corrected chi connectivity index (χ0v) is 16.3. The van der Waals surface area contributed by atoms with Gasteiger partial charge in [0.25, 0.3) is 5.56 Å². The standard InChI is InChI=1S/C23H22N2O4/c1-3-13-9-11-14(12-10-13)17-18-20(29-21(24)19(17)23(27)28-4-2)15-7-5-6-8-16(15)25-22(18)26/h5-12,17H,3-4,24H2,1-2H3,(H,25,26)/t17-/m0/s1. The van der Waals surface area contributed by atoms with Crippen LogP contribution in [0.1, 0.15) is 36.5 Å². The van der Waals surface area contributed by atoms with E-state index in [1.54, 1.807) is 13.0 Å². The fraction of sp³-hybridized carbons (Fsp3) is 0.217. The van der Waals surface area contributed by atoms with Crippen LogP contribution in [-0.4, -0.2) is 17.6 Å². The Bertz CT molecular complexity index is 1180. The minimum atomic E-state index is -0.683. The van der Waals surface area contributed by atoms with Gasteiger partial charge in [0.1, 0.15) is 11.3 Å². The number of hydrogen-bond acceptors (Lipinski definition) is 5. The highest BCUT2D eigenvalue weighted by molar-refractivity contribution is 5.95. The zero-order chi connectivity index (χ0) is 20.5. The van der Waals surface area contributed by atoms with Gasteiger partial charge in [0.2, 0.25) is 5.88 Å². The van der Waals surface area contributed by atoms with Crippen molar-refractivity contribution in [3.63, 3.8) is 0 Å². The van der Waals surface area contributed by atoms with E-state index in [0.29, 0.717) is 16.8 Å². The topological polar surface area (TPSA) is 94.4 Å². The van der Waals surface area contributed by atoms with Crippen LogP contribution in [-0.2, 0) is 16.0 Å².